The van der Waals surface area contributed by atoms with E-state index in [1.54, 1.807) is 4.68 Å². The maximum absolute atomic E-state index is 12.4. The Bertz CT molecular complexity index is 898. The summed E-state index contributed by atoms with van der Waals surface area (Å²) in [5, 5.41) is 8.62. The molecule has 0 aliphatic carbocycles. The molecule has 0 spiro atoms. The van der Waals surface area contributed by atoms with Crippen molar-refractivity contribution in [3.8, 4) is 11.6 Å². The van der Waals surface area contributed by atoms with Gasteiger partial charge in [0.25, 0.3) is 5.89 Å². The van der Waals surface area contributed by atoms with Crippen LogP contribution in [0.15, 0.2) is 4.52 Å². The third-order valence-electron chi connectivity index (χ3n) is 5.02. The van der Waals surface area contributed by atoms with Crippen molar-refractivity contribution in [2.45, 2.75) is 45.2 Å². The predicted octanol–water partition coefficient (Wildman–Crippen LogP) is 1.42. The molecular weight excluding hydrogens is 358 g/mol. The highest BCUT2D eigenvalue weighted by molar-refractivity contribution is 7.89. The lowest BCUT2D eigenvalue weighted by molar-refractivity contribution is 0.0830. The summed E-state index contributed by atoms with van der Waals surface area (Å²) in [6.45, 7) is 3.91. The molecular formula is C16H23N5O4S. The van der Waals surface area contributed by atoms with Crippen LogP contribution in [0.1, 0.15) is 49.2 Å². The fourth-order valence-electron chi connectivity index (χ4n) is 3.57. The Balaban J connectivity index is 1.61. The number of ether oxygens (including phenoxy) is 1. The zero-order valence-electron chi connectivity index (χ0n) is 15.0. The molecule has 10 heteroatoms. The molecule has 0 N–H and O–H groups in total. The average Bonchev–Trinajstić information content (AvgIpc) is 3.33. The van der Waals surface area contributed by atoms with Gasteiger partial charge in [0, 0.05) is 38.3 Å². The van der Waals surface area contributed by atoms with E-state index in [2.05, 4.69) is 15.2 Å². The number of rotatable bonds is 5. The van der Waals surface area contributed by atoms with Crippen LogP contribution in [0.2, 0.25) is 0 Å². The summed E-state index contributed by atoms with van der Waals surface area (Å²) < 4.78 is 38.9. The second-order valence-corrected chi connectivity index (χ2v) is 8.91. The minimum absolute atomic E-state index is 0.151. The number of hydrogen-bond donors (Lipinski definition) is 0. The van der Waals surface area contributed by atoms with Gasteiger partial charge in [-0.3, -0.25) is 4.68 Å². The molecule has 1 saturated heterocycles. The predicted molar refractivity (Wildman–Crippen MR) is 92.6 cm³/mol. The van der Waals surface area contributed by atoms with E-state index in [0.29, 0.717) is 50.1 Å². The maximum Gasteiger partial charge on any atom is 0.278 e. The summed E-state index contributed by atoms with van der Waals surface area (Å²) >= 11 is 0. The summed E-state index contributed by atoms with van der Waals surface area (Å²) in [5.74, 6) is 1.42. The van der Waals surface area contributed by atoms with Crippen molar-refractivity contribution in [3.05, 3.63) is 17.1 Å². The first kappa shape index (κ1) is 17.6. The second kappa shape index (κ2) is 6.75. The minimum Gasteiger partial charge on any atom is -0.381 e. The highest BCUT2D eigenvalue weighted by Gasteiger charge is 2.35. The molecule has 0 amide bonds. The van der Waals surface area contributed by atoms with E-state index in [9.17, 15) is 8.42 Å². The van der Waals surface area contributed by atoms with Crippen molar-refractivity contribution >= 4 is 10.0 Å². The Kier molecular flexibility index (Phi) is 4.57. The Morgan fingerprint density at radius 3 is 2.73 bits per heavy atom. The highest BCUT2D eigenvalue weighted by Crippen LogP contribution is 2.34. The quantitative estimate of drug-likeness (QED) is 0.771. The van der Waals surface area contributed by atoms with Gasteiger partial charge < -0.3 is 9.26 Å². The van der Waals surface area contributed by atoms with Crippen LogP contribution < -0.4 is 0 Å². The third kappa shape index (κ3) is 3.06. The van der Waals surface area contributed by atoms with E-state index in [-0.39, 0.29) is 11.7 Å². The lowest BCUT2D eigenvalue weighted by atomic mass is 10.00. The standard InChI is InChI=1S/C16H23N5O4S/c1-3-8-26(22,23)21-9-12-13(10-21)20(2)18-14(12)16-17-15(19-25-16)11-4-6-24-7-5-11/h11H,3-10H2,1-2H3. The largest absolute Gasteiger partial charge is 0.381 e. The molecule has 2 aliphatic heterocycles. The second-order valence-electron chi connectivity index (χ2n) is 6.83. The van der Waals surface area contributed by atoms with Crippen molar-refractivity contribution in [2.75, 3.05) is 19.0 Å². The van der Waals surface area contributed by atoms with Crippen molar-refractivity contribution in [2.24, 2.45) is 7.05 Å². The molecule has 9 nitrogen and oxygen atoms in total. The number of aromatic nitrogens is 4. The summed E-state index contributed by atoms with van der Waals surface area (Å²) in [7, 11) is -1.45. The van der Waals surface area contributed by atoms with Crippen molar-refractivity contribution < 1.29 is 17.7 Å². The van der Waals surface area contributed by atoms with Crippen LogP contribution in [0.4, 0.5) is 0 Å². The Morgan fingerprint density at radius 1 is 1.23 bits per heavy atom. The molecule has 26 heavy (non-hydrogen) atoms. The summed E-state index contributed by atoms with van der Waals surface area (Å²) in [6.07, 6.45) is 2.35. The molecule has 4 rings (SSSR count). The van der Waals surface area contributed by atoms with Gasteiger partial charge in [-0.2, -0.15) is 14.4 Å². The molecule has 0 atom stereocenters. The van der Waals surface area contributed by atoms with Gasteiger partial charge in [0.2, 0.25) is 10.0 Å². The summed E-state index contributed by atoms with van der Waals surface area (Å²) in [5.41, 5.74) is 2.32. The van der Waals surface area contributed by atoms with E-state index < -0.39 is 10.0 Å². The Hall–Kier alpha value is -1.78. The average molecular weight is 381 g/mol. The number of sulfonamides is 1. The van der Waals surface area contributed by atoms with Gasteiger partial charge in [0.15, 0.2) is 11.5 Å². The fourth-order valence-corrected chi connectivity index (χ4v) is 4.99. The minimum atomic E-state index is -3.26. The van der Waals surface area contributed by atoms with E-state index >= 15 is 0 Å². The molecule has 142 valence electrons. The number of aryl methyl sites for hydroxylation is 1. The Labute approximate surface area is 152 Å². The summed E-state index contributed by atoms with van der Waals surface area (Å²) in [6, 6.07) is 0. The molecule has 0 bridgehead atoms. The molecule has 0 radical (unpaired) electrons. The van der Waals surface area contributed by atoms with Crippen LogP contribution in [-0.4, -0.2) is 51.6 Å². The zero-order valence-corrected chi connectivity index (χ0v) is 15.8. The monoisotopic (exact) mass is 381 g/mol. The fraction of sp³-hybridized carbons (Fsp3) is 0.688. The lowest BCUT2D eigenvalue weighted by Crippen LogP contribution is -2.28. The van der Waals surface area contributed by atoms with Gasteiger partial charge in [0.1, 0.15) is 0 Å². The van der Waals surface area contributed by atoms with Crippen LogP contribution in [0.25, 0.3) is 11.6 Å². The van der Waals surface area contributed by atoms with Gasteiger partial charge in [-0.15, -0.1) is 0 Å². The smallest absolute Gasteiger partial charge is 0.278 e. The first-order valence-corrected chi connectivity index (χ1v) is 10.5. The molecule has 0 aromatic carbocycles. The SMILES string of the molecule is CCCS(=O)(=O)N1Cc2c(-c3nc(C4CCOCC4)no3)nn(C)c2C1. The van der Waals surface area contributed by atoms with Crippen molar-refractivity contribution in [3.63, 3.8) is 0 Å². The number of hydrogen-bond acceptors (Lipinski definition) is 7. The first-order valence-electron chi connectivity index (χ1n) is 8.94. The maximum atomic E-state index is 12.4. The van der Waals surface area contributed by atoms with Gasteiger partial charge in [-0.25, -0.2) is 8.42 Å². The van der Waals surface area contributed by atoms with Crippen molar-refractivity contribution in [1.29, 1.82) is 0 Å². The van der Waals surface area contributed by atoms with Crippen molar-refractivity contribution in [1.82, 2.24) is 24.2 Å². The van der Waals surface area contributed by atoms with Crippen LogP contribution in [0.5, 0.6) is 0 Å². The van der Waals surface area contributed by atoms with Gasteiger partial charge in [-0.05, 0) is 19.3 Å². The van der Waals surface area contributed by atoms with E-state index in [4.69, 9.17) is 9.26 Å². The van der Waals surface area contributed by atoms with E-state index in [0.717, 1.165) is 24.1 Å². The molecule has 1 fully saturated rings. The molecule has 4 heterocycles. The van der Waals surface area contributed by atoms with Crippen LogP contribution >= 0.6 is 0 Å². The third-order valence-corrected chi connectivity index (χ3v) is 6.99. The van der Waals surface area contributed by atoms with Crippen LogP contribution in [0, 0.1) is 0 Å². The summed E-state index contributed by atoms with van der Waals surface area (Å²) in [4.78, 5) is 4.54. The normalized spacial score (nSPS) is 19.2. The molecule has 0 saturated carbocycles. The molecule has 0 unspecified atom stereocenters. The van der Waals surface area contributed by atoms with Gasteiger partial charge in [-0.1, -0.05) is 12.1 Å². The molecule has 2 aliphatic rings. The molecule has 2 aromatic heterocycles. The molecule has 2 aromatic rings. The van der Waals surface area contributed by atoms with Crippen LogP contribution in [-0.2, 0) is 34.9 Å². The first-order chi connectivity index (χ1) is 12.5. The van der Waals surface area contributed by atoms with Gasteiger partial charge >= 0.3 is 0 Å². The van der Waals surface area contributed by atoms with Crippen LogP contribution in [0.3, 0.4) is 0 Å². The Morgan fingerprint density at radius 2 is 2.00 bits per heavy atom. The lowest BCUT2D eigenvalue weighted by Gasteiger charge is -2.18. The topological polar surface area (TPSA) is 103 Å². The van der Waals surface area contributed by atoms with E-state index in [1.807, 2.05) is 14.0 Å². The number of nitrogens with zero attached hydrogens (tertiary/aromatic N) is 5. The highest BCUT2D eigenvalue weighted by atomic mass is 32.2. The number of fused-ring (bicyclic) bond motifs is 1. The van der Waals surface area contributed by atoms with E-state index in [1.165, 1.54) is 4.31 Å². The van der Waals surface area contributed by atoms with Gasteiger partial charge in [0.05, 0.1) is 18.0 Å². The zero-order chi connectivity index (χ0) is 18.3.